The second kappa shape index (κ2) is 9.83. The normalized spacial score (nSPS) is 14.4. The highest BCUT2D eigenvalue weighted by Crippen LogP contribution is 2.26. The molecule has 3 aliphatic rings. The van der Waals surface area contributed by atoms with Crippen LogP contribution < -0.4 is 5.56 Å². The summed E-state index contributed by atoms with van der Waals surface area (Å²) in [6.45, 7) is 10.1. The molecule has 1 fully saturated rings. The van der Waals surface area contributed by atoms with Gasteiger partial charge in [0.25, 0.3) is 11.5 Å². The van der Waals surface area contributed by atoms with Crippen LogP contribution in [0.5, 0.6) is 0 Å². The number of pyridine rings is 1. The van der Waals surface area contributed by atoms with E-state index >= 15 is 0 Å². The first kappa shape index (κ1) is 23.7. The van der Waals surface area contributed by atoms with E-state index in [4.69, 9.17) is 0 Å². The molecule has 3 aliphatic heterocycles. The molecule has 2 amide bonds. The maximum absolute atomic E-state index is 13.6. The van der Waals surface area contributed by atoms with E-state index in [1.54, 1.807) is 17.3 Å². The van der Waals surface area contributed by atoms with Gasteiger partial charge in [0.1, 0.15) is 5.69 Å². The van der Waals surface area contributed by atoms with Crippen molar-refractivity contribution in [2.45, 2.75) is 46.6 Å². The van der Waals surface area contributed by atoms with Crippen LogP contribution in [-0.2, 0) is 4.79 Å². The highest BCUT2D eigenvalue weighted by atomic mass is 16.2. The molecule has 0 unspecified atom stereocenters. The van der Waals surface area contributed by atoms with Gasteiger partial charge in [0.15, 0.2) is 0 Å². The summed E-state index contributed by atoms with van der Waals surface area (Å²) in [5, 5.41) is 4.57. The van der Waals surface area contributed by atoms with Gasteiger partial charge in [-0.15, -0.1) is 0 Å². The van der Waals surface area contributed by atoms with Crippen molar-refractivity contribution in [2.75, 3.05) is 26.2 Å². The van der Waals surface area contributed by atoms with Crippen molar-refractivity contribution in [2.24, 2.45) is 5.92 Å². The molecule has 34 heavy (non-hydrogen) atoms. The van der Waals surface area contributed by atoms with Crippen molar-refractivity contribution in [3.63, 3.8) is 0 Å². The number of rotatable bonds is 6. The lowest BCUT2D eigenvalue weighted by molar-refractivity contribution is -0.137. The van der Waals surface area contributed by atoms with Gasteiger partial charge < -0.3 is 14.4 Å². The summed E-state index contributed by atoms with van der Waals surface area (Å²) in [6, 6.07) is 9.30. The van der Waals surface area contributed by atoms with Crippen LogP contribution in [0.15, 0.2) is 47.5 Å². The molecular formula is C26H33N5O3. The lowest BCUT2D eigenvalue weighted by atomic mass is 10.0. The first-order valence-corrected chi connectivity index (χ1v) is 12.1. The molecule has 0 N–H and O–H groups in total. The molecule has 0 spiro atoms. The second-order valence-electron chi connectivity index (χ2n) is 9.16. The number of hydrogen-bond donors (Lipinski definition) is 0. The van der Waals surface area contributed by atoms with Crippen molar-refractivity contribution >= 4 is 11.8 Å². The average molecular weight is 464 g/mol. The first-order chi connectivity index (χ1) is 16.3. The Hall–Kier alpha value is -3.42. The molecule has 0 saturated carbocycles. The van der Waals surface area contributed by atoms with Crippen molar-refractivity contribution in [3.05, 3.63) is 58.6 Å². The summed E-state index contributed by atoms with van der Waals surface area (Å²) in [4.78, 5) is 43.2. The van der Waals surface area contributed by atoms with Gasteiger partial charge in [-0.3, -0.25) is 14.4 Å². The van der Waals surface area contributed by atoms with Gasteiger partial charge in [0.2, 0.25) is 5.91 Å². The molecule has 0 atom stereocenters. The number of para-hydroxylation sites is 1. The Morgan fingerprint density at radius 3 is 2.15 bits per heavy atom. The van der Waals surface area contributed by atoms with Crippen molar-refractivity contribution < 1.29 is 9.59 Å². The number of amides is 2. The van der Waals surface area contributed by atoms with E-state index in [1.165, 1.54) is 4.68 Å². The van der Waals surface area contributed by atoms with Crippen LogP contribution in [0.1, 0.15) is 56.9 Å². The number of benzene rings is 1. The molecule has 180 valence electrons. The van der Waals surface area contributed by atoms with Crippen LogP contribution >= 0.6 is 0 Å². The van der Waals surface area contributed by atoms with Gasteiger partial charge in [-0.05, 0) is 38.8 Å². The fourth-order valence-corrected chi connectivity index (χ4v) is 4.52. The molecule has 0 aromatic heterocycles. The van der Waals surface area contributed by atoms with E-state index < -0.39 is 0 Å². The SMILES string of the molecule is CCC(CC)C(=O)N1CCN(C(=O)c2cn(C(C)C)cc3c(=O)n(-c4ccccc4)nc2-3)CC1. The van der Waals surface area contributed by atoms with Crippen LogP contribution in [0.3, 0.4) is 0 Å². The predicted molar refractivity (Wildman–Crippen MR) is 131 cm³/mol. The fourth-order valence-electron chi connectivity index (χ4n) is 4.52. The molecule has 3 heterocycles. The average Bonchev–Trinajstić information content (AvgIpc) is 3.20. The van der Waals surface area contributed by atoms with Gasteiger partial charge in [-0.25, -0.2) is 0 Å². The second-order valence-corrected chi connectivity index (χ2v) is 9.16. The topological polar surface area (TPSA) is 80.4 Å². The lowest BCUT2D eigenvalue weighted by Gasteiger charge is -2.36. The summed E-state index contributed by atoms with van der Waals surface area (Å²) >= 11 is 0. The predicted octanol–water partition coefficient (Wildman–Crippen LogP) is 3.44. The Morgan fingerprint density at radius 1 is 0.941 bits per heavy atom. The number of fused-ring (bicyclic) bond motifs is 1. The number of carbonyl (C=O) groups is 2. The monoisotopic (exact) mass is 463 g/mol. The van der Waals surface area contributed by atoms with Gasteiger partial charge in [-0.2, -0.15) is 9.78 Å². The Balaban J connectivity index is 1.65. The zero-order valence-corrected chi connectivity index (χ0v) is 20.4. The largest absolute Gasteiger partial charge is 0.350 e. The number of nitrogens with zero attached hydrogens (tertiary/aromatic N) is 5. The van der Waals surface area contributed by atoms with E-state index in [0.717, 1.165) is 12.8 Å². The Kier molecular flexibility index (Phi) is 6.86. The Labute approximate surface area is 200 Å². The number of aromatic nitrogens is 3. The smallest absolute Gasteiger partial charge is 0.282 e. The van der Waals surface area contributed by atoms with Crippen molar-refractivity contribution in [1.29, 1.82) is 0 Å². The number of piperazine rings is 1. The third-order valence-corrected chi connectivity index (χ3v) is 6.73. The number of carbonyl (C=O) groups excluding carboxylic acids is 2. The minimum atomic E-state index is -0.245. The highest BCUT2D eigenvalue weighted by molar-refractivity contribution is 6.00. The van der Waals surface area contributed by atoms with Crippen molar-refractivity contribution in [3.8, 4) is 16.9 Å². The summed E-state index contributed by atoms with van der Waals surface area (Å²) in [5.74, 6) is 0.0558. The molecule has 1 aromatic carbocycles. The van der Waals surface area contributed by atoms with E-state index in [-0.39, 0.29) is 29.3 Å². The van der Waals surface area contributed by atoms with E-state index in [2.05, 4.69) is 5.10 Å². The summed E-state index contributed by atoms with van der Waals surface area (Å²) in [5.41, 5.74) is 1.66. The zero-order valence-electron chi connectivity index (χ0n) is 20.4. The minimum Gasteiger partial charge on any atom is -0.350 e. The van der Waals surface area contributed by atoms with Crippen LogP contribution in [-0.4, -0.2) is 62.1 Å². The van der Waals surface area contributed by atoms with Gasteiger partial charge in [0, 0.05) is 50.5 Å². The highest BCUT2D eigenvalue weighted by Gasteiger charge is 2.31. The van der Waals surface area contributed by atoms with E-state index in [1.807, 2.05) is 67.5 Å². The molecule has 8 heteroatoms. The summed E-state index contributed by atoms with van der Waals surface area (Å²) < 4.78 is 3.25. The third kappa shape index (κ3) is 4.36. The van der Waals surface area contributed by atoms with Crippen molar-refractivity contribution in [1.82, 2.24) is 24.1 Å². The molecule has 1 saturated heterocycles. The lowest BCUT2D eigenvalue weighted by Crippen LogP contribution is -2.52. The molecule has 0 bridgehead atoms. The van der Waals surface area contributed by atoms with Gasteiger partial charge in [0.05, 0.1) is 16.8 Å². The minimum absolute atomic E-state index is 0.0402. The quantitative estimate of drug-likeness (QED) is 0.561. The number of hydrogen-bond acceptors (Lipinski definition) is 4. The fraction of sp³-hybridized carbons (Fsp3) is 0.462. The molecule has 1 aromatic rings. The van der Waals surface area contributed by atoms with E-state index in [9.17, 15) is 14.4 Å². The summed E-state index contributed by atoms with van der Waals surface area (Å²) in [7, 11) is 0. The van der Waals surface area contributed by atoms with Crippen LogP contribution in [0.25, 0.3) is 16.9 Å². The molecule has 8 nitrogen and oxygen atoms in total. The standard InChI is InChI=1S/C26H33N5O3/c1-5-19(6-2)24(32)28-12-14-29(15-13-28)25(33)21-16-30(18(3)4)17-22-23(21)27-31(26(22)34)20-10-8-7-9-11-20/h7-11,16-19H,5-6,12-15H2,1-4H3. The van der Waals surface area contributed by atoms with Crippen LogP contribution in [0, 0.1) is 5.92 Å². The Bertz CT molecular complexity index is 1180. The molecule has 4 rings (SSSR count). The molecule has 0 radical (unpaired) electrons. The van der Waals surface area contributed by atoms with Crippen LogP contribution in [0.2, 0.25) is 0 Å². The first-order valence-electron chi connectivity index (χ1n) is 12.1. The zero-order chi connectivity index (χ0) is 24.4. The molecular weight excluding hydrogens is 430 g/mol. The Morgan fingerprint density at radius 2 is 1.56 bits per heavy atom. The summed E-state index contributed by atoms with van der Waals surface area (Å²) in [6.07, 6.45) is 5.22. The van der Waals surface area contributed by atoms with E-state index in [0.29, 0.717) is 48.7 Å². The van der Waals surface area contributed by atoms with Gasteiger partial charge in [-0.1, -0.05) is 32.0 Å². The maximum Gasteiger partial charge on any atom is 0.282 e. The van der Waals surface area contributed by atoms with Gasteiger partial charge >= 0.3 is 0 Å². The third-order valence-electron chi connectivity index (χ3n) is 6.73. The molecule has 0 aliphatic carbocycles. The van der Waals surface area contributed by atoms with Crippen LogP contribution in [0.4, 0.5) is 0 Å². The maximum atomic E-state index is 13.6.